The number of hydrogen-bond donors (Lipinski definition) is 2. The smallest absolute Gasteiger partial charge is 0.261 e. The van der Waals surface area contributed by atoms with Gasteiger partial charge in [0.2, 0.25) is 0 Å². The number of fused-ring (bicyclic) bond motifs is 2. The van der Waals surface area contributed by atoms with E-state index in [-0.39, 0.29) is 11.3 Å². The number of phenolic OH excluding ortho intramolecular Hbond substituents is 1. The molecule has 128 valence electrons. The highest BCUT2D eigenvalue weighted by molar-refractivity contribution is 9.10. The van der Waals surface area contributed by atoms with Crippen LogP contribution >= 0.6 is 15.9 Å². The molecular weight excluding hydrogens is 382 g/mol. The van der Waals surface area contributed by atoms with Crippen LogP contribution in [0.2, 0.25) is 0 Å². The van der Waals surface area contributed by atoms with Gasteiger partial charge in [-0.05, 0) is 49.2 Å². The van der Waals surface area contributed by atoms with Crippen LogP contribution < -0.4 is 10.9 Å². The van der Waals surface area contributed by atoms with Crippen molar-refractivity contribution in [3.8, 4) is 5.75 Å². The Morgan fingerprint density at radius 1 is 1.32 bits per heavy atom. The summed E-state index contributed by atoms with van der Waals surface area (Å²) >= 11 is 3.42. The summed E-state index contributed by atoms with van der Waals surface area (Å²) in [5, 5.41) is 13.9. The molecule has 1 aliphatic heterocycles. The van der Waals surface area contributed by atoms with E-state index in [1.54, 1.807) is 16.7 Å². The quantitative estimate of drug-likeness (QED) is 0.703. The van der Waals surface area contributed by atoms with Crippen molar-refractivity contribution < 1.29 is 5.11 Å². The molecule has 6 heteroatoms. The summed E-state index contributed by atoms with van der Waals surface area (Å²) in [6.45, 7) is 3.21. The molecule has 2 heterocycles. The fraction of sp³-hybridized carbons (Fsp3) is 0.263. The van der Waals surface area contributed by atoms with Crippen molar-refractivity contribution in [3.63, 3.8) is 0 Å². The lowest BCUT2D eigenvalue weighted by atomic mass is 10.1. The molecule has 2 N–H and O–H groups in total. The van der Waals surface area contributed by atoms with E-state index in [2.05, 4.69) is 26.2 Å². The van der Waals surface area contributed by atoms with Crippen molar-refractivity contribution in [2.45, 2.75) is 32.9 Å². The second-order valence-corrected chi connectivity index (χ2v) is 7.31. The molecule has 0 aliphatic carbocycles. The van der Waals surface area contributed by atoms with E-state index >= 15 is 0 Å². The number of nitrogens with one attached hydrogen (secondary N) is 1. The third kappa shape index (κ3) is 2.91. The maximum atomic E-state index is 12.7. The van der Waals surface area contributed by atoms with Crippen LogP contribution in [0.3, 0.4) is 0 Å². The first-order valence-electron chi connectivity index (χ1n) is 8.28. The van der Waals surface area contributed by atoms with Crippen LogP contribution in [0.15, 0.2) is 39.6 Å². The Morgan fingerprint density at radius 2 is 2.16 bits per heavy atom. The summed E-state index contributed by atoms with van der Waals surface area (Å²) in [5.74, 6) is 1.13. The lowest BCUT2D eigenvalue weighted by Gasteiger charge is -2.13. The third-order valence-electron chi connectivity index (χ3n) is 4.67. The Balaban J connectivity index is 1.71. The number of aromatic hydroxyl groups is 1. The molecule has 1 aromatic heterocycles. The van der Waals surface area contributed by atoms with Gasteiger partial charge in [0.1, 0.15) is 11.6 Å². The molecule has 0 saturated carbocycles. The zero-order valence-corrected chi connectivity index (χ0v) is 15.4. The summed E-state index contributed by atoms with van der Waals surface area (Å²) in [5.41, 5.74) is 3.48. The number of aromatic nitrogens is 2. The Kier molecular flexibility index (Phi) is 4.00. The second-order valence-electron chi connectivity index (χ2n) is 6.40. The van der Waals surface area contributed by atoms with Gasteiger partial charge in [0.05, 0.1) is 10.9 Å². The summed E-state index contributed by atoms with van der Waals surface area (Å²) < 4.78 is 2.69. The van der Waals surface area contributed by atoms with E-state index < -0.39 is 0 Å². The van der Waals surface area contributed by atoms with Gasteiger partial charge in [-0.2, -0.15) is 0 Å². The molecule has 1 aliphatic rings. The first-order chi connectivity index (χ1) is 12.0. The summed E-state index contributed by atoms with van der Waals surface area (Å²) in [6.07, 6.45) is 1.84. The van der Waals surface area contributed by atoms with E-state index in [0.29, 0.717) is 11.9 Å². The highest BCUT2D eigenvalue weighted by Gasteiger charge is 2.17. The Labute approximate surface area is 153 Å². The highest BCUT2D eigenvalue weighted by atomic mass is 79.9. The average molecular weight is 400 g/mol. The number of benzene rings is 2. The van der Waals surface area contributed by atoms with Crippen molar-refractivity contribution in [3.05, 3.63) is 62.1 Å². The molecule has 0 fully saturated rings. The lowest BCUT2D eigenvalue weighted by Crippen LogP contribution is -2.21. The molecule has 0 unspecified atom stereocenters. The lowest BCUT2D eigenvalue weighted by molar-refractivity contribution is 0.469. The highest BCUT2D eigenvalue weighted by Crippen LogP contribution is 2.26. The molecule has 0 radical (unpaired) electrons. The predicted octanol–water partition coefficient (Wildman–Crippen LogP) is 3.73. The van der Waals surface area contributed by atoms with Gasteiger partial charge in [-0.3, -0.25) is 9.36 Å². The van der Waals surface area contributed by atoms with Crippen LogP contribution in [0.4, 0.5) is 5.69 Å². The number of anilines is 1. The number of nitrogens with zero attached hydrogens (tertiary/aromatic N) is 2. The number of halogens is 1. The van der Waals surface area contributed by atoms with E-state index in [1.165, 1.54) is 0 Å². The van der Waals surface area contributed by atoms with Gasteiger partial charge < -0.3 is 10.4 Å². The largest absolute Gasteiger partial charge is 0.508 e. The van der Waals surface area contributed by atoms with E-state index in [0.717, 1.165) is 52.0 Å². The van der Waals surface area contributed by atoms with Crippen molar-refractivity contribution in [1.29, 1.82) is 0 Å². The van der Waals surface area contributed by atoms with Gasteiger partial charge in [0.25, 0.3) is 5.56 Å². The van der Waals surface area contributed by atoms with Crippen LogP contribution in [0.5, 0.6) is 5.75 Å². The van der Waals surface area contributed by atoms with Crippen LogP contribution in [0.1, 0.15) is 23.4 Å². The number of aryl methyl sites for hydroxylation is 2. The number of hydrogen-bond acceptors (Lipinski definition) is 4. The molecule has 0 saturated heterocycles. The third-order valence-corrected chi connectivity index (χ3v) is 5.17. The maximum absolute atomic E-state index is 12.7. The van der Waals surface area contributed by atoms with Gasteiger partial charge in [-0.25, -0.2) is 4.98 Å². The topological polar surface area (TPSA) is 67.2 Å². The van der Waals surface area contributed by atoms with Crippen molar-refractivity contribution in [2.24, 2.45) is 0 Å². The minimum absolute atomic E-state index is 0.0332. The normalized spacial score (nSPS) is 13.2. The molecule has 5 nitrogen and oxygen atoms in total. The maximum Gasteiger partial charge on any atom is 0.261 e. The number of phenols is 1. The molecule has 0 bridgehead atoms. The van der Waals surface area contributed by atoms with E-state index in [9.17, 15) is 9.90 Å². The van der Waals surface area contributed by atoms with Crippen LogP contribution in [0, 0.1) is 6.92 Å². The monoisotopic (exact) mass is 399 g/mol. The zero-order valence-electron chi connectivity index (χ0n) is 13.8. The van der Waals surface area contributed by atoms with Gasteiger partial charge in [-0.1, -0.05) is 15.9 Å². The molecule has 2 aromatic carbocycles. The van der Waals surface area contributed by atoms with Crippen molar-refractivity contribution in [1.82, 2.24) is 9.55 Å². The van der Waals surface area contributed by atoms with Gasteiger partial charge in [0.15, 0.2) is 0 Å². The molecule has 3 aromatic rings. The van der Waals surface area contributed by atoms with Gasteiger partial charge in [0, 0.05) is 35.2 Å². The van der Waals surface area contributed by atoms with Crippen LogP contribution in [-0.4, -0.2) is 14.7 Å². The molecule has 0 atom stereocenters. The summed E-state index contributed by atoms with van der Waals surface area (Å²) in [7, 11) is 0. The SMILES string of the molecule is Cc1cc2nc3n(c(=O)c2cc1NCc1cc(Br)ccc1O)CCC3. The van der Waals surface area contributed by atoms with Crippen LogP contribution in [-0.2, 0) is 19.5 Å². The molecule has 25 heavy (non-hydrogen) atoms. The molecular formula is C19H18BrN3O2. The van der Waals surface area contributed by atoms with Gasteiger partial charge >= 0.3 is 0 Å². The summed E-state index contributed by atoms with van der Waals surface area (Å²) in [6, 6.07) is 9.17. The second kappa shape index (κ2) is 6.19. The fourth-order valence-electron chi connectivity index (χ4n) is 3.31. The van der Waals surface area contributed by atoms with Crippen molar-refractivity contribution in [2.75, 3.05) is 5.32 Å². The first-order valence-corrected chi connectivity index (χ1v) is 9.07. The predicted molar refractivity (Wildman–Crippen MR) is 102 cm³/mol. The molecule has 4 rings (SSSR count). The molecule has 0 amide bonds. The van der Waals surface area contributed by atoms with E-state index in [1.807, 2.05) is 25.1 Å². The molecule has 0 spiro atoms. The first kappa shape index (κ1) is 16.1. The standard InChI is InChI=1S/C19H18BrN3O2/c1-11-7-16-14(19(25)23-6-2-3-18(23)22-16)9-15(11)21-10-12-8-13(20)4-5-17(12)24/h4-5,7-9,21,24H,2-3,6,10H2,1H3. The Morgan fingerprint density at radius 3 is 3.00 bits per heavy atom. The van der Waals surface area contributed by atoms with Gasteiger partial charge in [-0.15, -0.1) is 0 Å². The van der Waals surface area contributed by atoms with E-state index in [4.69, 9.17) is 0 Å². The Bertz CT molecular complexity index is 1040. The summed E-state index contributed by atoms with van der Waals surface area (Å²) in [4.78, 5) is 17.4. The van der Waals surface area contributed by atoms with Crippen LogP contribution in [0.25, 0.3) is 10.9 Å². The minimum atomic E-state index is 0.0332. The fourth-order valence-corrected chi connectivity index (χ4v) is 3.72. The average Bonchev–Trinajstić information content (AvgIpc) is 3.05. The number of rotatable bonds is 3. The van der Waals surface area contributed by atoms with Crippen molar-refractivity contribution >= 4 is 32.5 Å². The zero-order chi connectivity index (χ0) is 17.6. The minimum Gasteiger partial charge on any atom is -0.508 e. The Hall–Kier alpha value is -2.34.